The van der Waals surface area contributed by atoms with Gasteiger partial charge in [-0.05, 0) is 36.2 Å². The lowest BCUT2D eigenvalue weighted by Crippen LogP contribution is -2.29. The molecule has 0 saturated heterocycles. The van der Waals surface area contributed by atoms with Crippen LogP contribution in [0.25, 0.3) is 0 Å². The quantitative estimate of drug-likeness (QED) is 0.697. The van der Waals surface area contributed by atoms with Gasteiger partial charge >= 0.3 is 0 Å². The molecule has 0 saturated carbocycles. The van der Waals surface area contributed by atoms with Gasteiger partial charge in [-0.15, -0.1) is 12.4 Å². The van der Waals surface area contributed by atoms with E-state index < -0.39 is 0 Å². The molecule has 4 heteroatoms. The maximum absolute atomic E-state index is 6.22. The van der Waals surface area contributed by atoms with Crippen molar-refractivity contribution in [1.82, 2.24) is 4.90 Å². The van der Waals surface area contributed by atoms with Crippen molar-refractivity contribution in [3.8, 4) is 5.75 Å². The number of halogens is 1. The molecule has 0 heterocycles. The number of hydrogen-bond acceptors (Lipinski definition) is 3. The Bertz CT molecular complexity index is 397. The van der Waals surface area contributed by atoms with E-state index in [1.165, 1.54) is 5.56 Å². The summed E-state index contributed by atoms with van der Waals surface area (Å²) in [5.74, 6) is 0.884. The minimum absolute atomic E-state index is 0. The van der Waals surface area contributed by atoms with E-state index >= 15 is 0 Å². The average Bonchev–Trinajstić information content (AvgIpc) is 2.46. The molecular weight excluding hydrogens is 298 g/mol. The first kappa shape index (κ1) is 21.2. The summed E-state index contributed by atoms with van der Waals surface area (Å²) in [5.41, 5.74) is 1.28. The number of benzene rings is 1. The minimum Gasteiger partial charge on any atom is -0.497 e. The van der Waals surface area contributed by atoms with Crippen LogP contribution in [0.1, 0.15) is 46.3 Å². The van der Waals surface area contributed by atoms with E-state index in [0.717, 1.165) is 32.0 Å². The Balaban J connectivity index is 0.00000441. The second kappa shape index (κ2) is 10.1. The Kier molecular flexibility index (Phi) is 9.74. The van der Waals surface area contributed by atoms with Crippen LogP contribution < -0.4 is 4.74 Å². The smallest absolute Gasteiger partial charge is 0.118 e. The summed E-state index contributed by atoms with van der Waals surface area (Å²) < 4.78 is 11.4. The van der Waals surface area contributed by atoms with Crippen molar-refractivity contribution < 1.29 is 9.47 Å². The van der Waals surface area contributed by atoms with Crippen LogP contribution >= 0.6 is 12.4 Å². The van der Waals surface area contributed by atoms with Crippen LogP contribution in [0.5, 0.6) is 5.75 Å². The lowest BCUT2D eigenvalue weighted by Gasteiger charge is -2.32. The van der Waals surface area contributed by atoms with Crippen LogP contribution in [0.2, 0.25) is 0 Å². The molecule has 128 valence electrons. The van der Waals surface area contributed by atoms with Gasteiger partial charge in [0, 0.05) is 6.54 Å². The summed E-state index contributed by atoms with van der Waals surface area (Å²) in [6.45, 7) is 14.9. The van der Waals surface area contributed by atoms with Gasteiger partial charge in [0.2, 0.25) is 0 Å². The molecule has 3 nitrogen and oxygen atoms in total. The number of hydrogen-bond donors (Lipinski definition) is 0. The van der Waals surface area contributed by atoms with Crippen LogP contribution in [-0.2, 0) is 4.74 Å². The van der Waals surface area contributed by atoms with Crippen LogP contribution in [0.4, 0.5) is 0 Å². The molecule has 1 aromatic rings. The Hall–Kier alpha value is -0.770. The maximum Gasteiger partial charge on any atom is 0.118 e. The van der Waals surface area contributed by atoms with Gasteiger partial charge in [0.1, 0.15) is 5.75 Å². The third-order valence-corrected chi connectivity index (χ3v) is 3.79. The number of likely N-dealkylation sites (N-methyl/N-ethyl adjacent to an activating group) is 1. The zero-order valence-corrected chi connectivity index (χ0v) is 15.7. The summed E-state index contributed by atoms with van der Waals surface area (Å²) >= 11 is 0. The van der Waals surface area contributed by atoms with E-state index in [2.05, 4.69) is 51.7 Å². The molecule has 1 unspecified atom stereocenters. The van der Waals surface area contributed by atoms with E-state index in [4.69, 9.17) is 9.47 Å². The van der Waals surface area contributed by atoms with Crippen molar-refractivity contribution in [3.05, 3.63) is 29.8 Å². The molecule has 0 spiro atoms. The Morgan fingerprint density at radius 2 is 1.59 bits per heavy atom. The third kappa shape index (κ3) is 6.55. The second-order valence-electron chi connectivity index (χ2n) is 6.42. The molecule has 0 amide bonds. The zero-order valence-electron chi connectivity index (χ0n) is 14.9. The van der Waals surface area contributed by atoms with E-state index in [-0.39, 0.29) is 23.9 Å². The van der Waals surface area contributed by atoms with Gasteiger partial charge in [-0.1, -0.05) is 46.8 Å². The molecule has 1 aromatic carbocycles. The fraction of sp³-hybridized carbons (Fsp3) is 0.667. The second-order valence-corrected chi connectivity index (χ2v) is 6.42. The SMILES string of the molecule is CCN(CC)CCOC(c1ccc(OC)cc1)C(C)(C)C.Cl. The molecule has 22 heavy (non-hydrogen) atoms. The van der Waals surface area contributed by atoms with Gasteiger partial charge in [-0.3, -0.25) is 0 Å². The topological polar surface area (TPSA) is 21.7 Å². The first-order chi connectivity index (χ1) is 9.92. The highest BCUT2D eigenvalue weighted by molar-refractivity contribution is 5.85. The highest BCUT2D eigenvalue weighted by atomic mass is 35.5. The predicted molar refractivity (Wildman–Crippen MR) is 96.2 cm³/mol. The number of methoxy groups -OCH3 is 1. The van der Waals surface area contributed by atoms with Gasteiger partial charge in [-0.25, -0.2) is 0 Å². The van der Waals surface area contributed by atoms with E-state index in [9.17, 15) is 0 Å². The van der Waals surface area contributed by atoms with Gasteiger partial charge in [0.05, 0.1) is 19.8 Å². The lowest BCUT2D eigenvalue weighted by atomic mass is 9.84. The largest absolute Gasteiger partial charge is 0.497 e. The first-order valence-corrected chi connectivity index (χ1v) is 7.90. The molecule has 0 aromatic heterocycles. The third-order valence-electron chi connectivity index (χ3n) is 3.79. The number of rotatable bonds is 8. The fourth-order valence-corrected chi connectivity index (χ4v) is 2.46. The van der Waals surface area contributed by atoms with Gasteiger partial charge in [-0.2, -0.15) is 0 Å². The molecule has 1 rings (SSSR count). The molecule has 0 N–H and O–H groups in total. The standard InChI is InChI=1S/C18H31NO2.ClH/c1-7-19(8-2)13-14-21-17(18(3,4)5)15-9-11-16(20-6)12-10-15;/h9-12,17H,7-8,13-14H2,1-6H3;1H. The minimum atomic E-state index is 0. The van der Waals surface area contributed by atoms with Crippen molar-refractivity contribution in [2.24, 2.45) is 5.41 Å². The Labute approximate surface area is 142 Å². The van der Waals surface area contributed by atoms with Crippen molar-refractivity contribution in [2.45, 2.75) is 40.7 Å². The summed E-state index contributed by atoms with van der Waals surface area (Å²) in [4.78, 5) is 2.38. The maximum atomic E-state index is 6.22. The van der Waals surface area contributed by atoms with Crippen molar-refractivity contribution >= 4 is 12.4 Å². The lowest BCUT2D eigenvalue weighted by molar-refractivity contribution is -0.0272. The molecule has 1 atom stereocenters. The molecule has 0 bridgehead atoms. The molecule has 0 aliphatic rings. The van der Waals surface area contributed by atoms with Crippen LogP contribution in [-0.4, -0.2) is 38.3 Å². The molecule has 0 aliphatic carbocycles. The van der Waals surface area contributed by atoms with Gasteiger partial charge < -0.3 is 14.4 Å². The Morgan fingerprint density at radius 1 is 1.05 bits per heavy atom. The fourth-order valence-electron chi connectivity index (χ4n) is 2.46. The summed E-state index contributed by atoms with van der Waals surface area (Å²) in [6, 6.07) is 8.21. The normalized spacial score (nSPS) is 12.9. The van der Waals surface area contributed by atoms with Gasteiger partial charge in [0.25, 0.3) is 0 Å². The van der Waals surface area contributed by atoms with Crippen LogP contribution in [0, 0.1) is 5.41 Å². The summed E-state index contributed by atoms with van der Waals surface area (Å²) in [5, 5.41) is 0. The molecule has 0 aliphatic heterocycles. The average molecular weight is 330 g/mol. The van der Waals surface area contributed by atoms with Crippen molar-refractivity contribution in [3.63, 3.8) is 0 Å². The van der Waals surface area contributed by atoms with E-state index in [1.54, 1.807) is 7.11 Å². The highest BCUT2D eigenvalue weighted by Gasteiger charge is 2.27. The first-order valence-electron chi connectivity index (χ1n) is 7.90. The Morgan fingerprint density at radius 3 is 2.00 bits per heavy atom. The van der Waals surface area contributed by atoms with Crippen molar-refractivity contribution in [1.29, 1.82) is 0 Å². The van der Waals surface area contributed by atoms with Gasteiger partial charge in [0.15, 0.2) is 0 Å². The summed E-state index contributed by atoms with van der Waals surface area (Å²) in [6.07, 6.45) is 0.0963. The molecular formula is C18H32ClNO2. The predicted octanol–water partition coefficient (Wildman–Crippen LogP) is 4.56. The summed E-state index contributed by atoms with van der Waals surface area (Å²) in [7, 11) is 1.69. The monoisotopic (exact) mass is 329 g/mol. The number of ether oxygens (including phenoxy) is 2. The zero-order chi connectivity index (χ0) is 15.9. The van der Waals surface area contributed by atoms with E-state index in [1.807, 2.05) is 12.1 Å². The number of nitrogens with zero attached hydrogens (tertiary/aromatic N) is 1. The van der Waals surface area contributed by atoms with Crippen LogP contribution in [0.3, 0.4) is 0 Å². The van der Waals surface area contributed by atoms with Crippen molar-refractivity contribution in [2.75, 3.05) is 33.4 Å². The molecule has 0 radical (unpaired) electrons. The highest BCUT2D eigenvalue weighted by Crippen LogP contribution is 2.36. The molecule has 0 fully saturated rings. The van der Waals surface area contributed by atoms with E-state index in [0.29, 0.717) is 0 Å². The van der Waals surface area contributed by atoms with Crippen LogP contribution in [0.15, 0.2) is 24.3 Å².